The molecule has 0 saturated carbocycles. The highest BCUT2D eigenvalue weighted by atomic mass is 16.7. The maximum absolute atomic E-state index is 11.5. The summed E-state index contributed by atoms with van der Waals surface area (Å²) in [5.41, 5.74) is 6.19. The summed E-state index contributed by atoms with van der Waals surface area (Å²) in [6, 6.07) is 6.07. The van der Waals surface area contributed by atoms with E-state index in [4.69, 9.17) is 14.2 Å². The van der Waals surface area contributed by atoms with Crippen molar-refractivity contribution >= 4 is 6.09 Å². The molecule has 1 heterocycles. The van der Waals surface area contributed by atoms with Gasteiger partial charge in [-0.15, -0.1) is 0 Å². The van der Waals surface area contributed by atoms with Gasteiger partial charge in [-0.05, 0) is 58.2 Å². The molecule has 2 rings (SSSR count). The van der Waals surface area contributed by atoms with E-state index in [-0.39, 0.29) is 12.8 Å². The van der Waals surface area contributed by atoms with Gasteiger partial charge < -0.3 is 14.2 Å². The molecule has 6 nitrogen and oxygen atoms in total. The third-order valence-corrected chi connectivity index (χ3v) is 3.12. The van der Waals surface area contributed by atoms with E-state index in [9.17, 15) is 4.79 Å². The van der Waals surface area contributed by atoms with Gasteiger partial charge in [-0.3, -0.25) is 5.43 Å². The Bertz CT molecular complexity index is 525. The Morgan fingerprint density at radius 3 is 2.77 bits per heavy atom. The Hall–Kier alpha value is -1.95. The van der Waals surface area contributed by atoms with Crippen molar-refractivity contribution in [1.82, 2.24) is 10.9 Å². The molecule has 6 heteroatoms. The number of hydrogen-bond acceptors (Lipinski definition) is 5. The summed E-state index contributed by atoms with van der Waals surface area (Å²) in [6.45, 7) is 7.78. The topological polar surface area (TPSA) is 68.8 Å². The van der Waals surface area contributed by atoms with Crippen LogP contribution in [0.25, 0.3) is 0 Å². The average molecular weight is 308 g/mol. The van der Waals surface area contributed by atoms with Crippen molar-refractivity contribution in [1.29, 1.82) is 0 Å². The first-order valence-corrected chi connectivity index (χ1v) is 7.46. The third-order valence-electron chi connectivity index (χ3n) is 3.12. The smallest absolute Gasteiger partial charge is 0.422 e. The number of hydrogen-bond donors (Lipinski definition) is 2. The van der Waals surface area contributed by atoms with Crippen LogP contribution < -0.4 is 20.3 Å². The largest absolute Gasteiger partial charge is 0.454 e. The van der Waals surface area contributed by atoms with Gasteiger partial charge in [0.05, 0.1) is 0 Å². The SMILES string of the molecule is CC(CCc1ccc2c(c1)OCO2)NNC(=O)OC(C)(C)C. The van der Waals surface area contributed by atoms with Crippen LogP contribution in [0.15, 0.2) is 18.2 Å². The maximum atomic E-state index is 11.5. The Labute approximate surface area is 131 Å². The second kappa shape index (κ2) is 6.87. The van der Waals surface area contributed by atoms with Crippen LogP contribution in [0.4, 0.5) is 4.79 Å². The number of benzene rings is 1. The quantitative estimate of drug-likeness (QED) is 0.819. The number of carbonyl (C=O) groups is 1. The van der Waals surface area contributed by atoms with Gasteiger partial charge in [0.15, 0.2) is 11.5 Å². The molecular weight excluding hydrogens is 284 g/mol. The number of fused-ring (bicyclic) bond motifs is 1. The first-order valence-electron chi connectivity index (χ1n) is 7.46. The van der Waals surface area contributed by atoms with E-state index < -0.39 is 11.7 Å². The van der Waals surface area contributed by atoms with Crippen LogP contribution in [0, 0.1) is 0 Å². The van der Waals surface area contributed by atoms with Gasteiger partial charge >= 0.3 is 6.09 Å². The Kier molecular flexibility index (Phi) is 5.13. The number of ether oxygens (including phenoxy) is 3. The van der Waals surface area contributed by atoms with Crippen molar-refractivity contribution in [2.24, 2.45) is 0 Å². The highest BCUT2D eigenvalue weighted by molar-refractivity contribution is 5.67. The Balaban J connectivity index is 1.71. The van der Waals surface area contributed by atoms with Crippen molar-refractivity contribution in [3.05, 3.63) is 23.8 Å². The molecule has 1 amide bonds. The molecule has 2 N–H and O–H groups in total. The number of nitrogens with one attached hydrogen (secondary N) is 2. The van der Waals surface area contributed by atoms with Crippen molar-refractivity contribution in [2.75, 3.05) is 6.79 Å². The molecular formula is C16H24N2O4. The van der Waals surface area contributed by atoms with Crippen molar-refractivity contribution in [3.63, 3.8) is 0 Å². The molecule has 1 aliphatic rings. The summed E-state index contributed by atoms with van der Waals surface area (Å²) < 4.78 is 15.8. The Morgan fingerprint density at radius 1 is 1.32 bits per heavy atom. The molecule has 1 aromatic carbocycles. The van der Waals surface area contributed by atoms with E-state index in [1.165, 1.54) is 5.56 Å². The maximum Gasteiger partial charge on any atom is 0.422 e. The summed E-state index contributed by atoms with van der Waals surface area (Å²) in [7, 11) is 0. The van der Waals surface area contributed by atoms with E-state index in [0.717, 1.165) is 24.3 Å². The first kappa shape index (κ1) is 16.4. The molecule has 0 bridgehead atoms. The fourth-order valence-corrected chi connectivity index (χ4v) is 2.04. The summed E-state index contributed by atoms with van der Waals surface area (Å²) in [6.07, 6.45) is 1.28. The van der Waals surface area contributed by atoms with Gasteiger partial charge in [0.25, 0.3) is 0 Å². The van der Waals surface area contributed by atoms with Crippen LogP contribution >= 0.6 is 0 Å². The zero-order valence-electron chi connectivity index (χ0n) is 13.6. The lowest BCUT2D eigenvalue weighted by atomic mass is 10.1. The summed E-state index contributed by atoms with van der Waals surface area (Å²) >= 11 is 0. The zero-order valence-corrected chi connectivity index (χ0v) is 13.6. The van der Waals surface area contributed by atoms with Crippen LogP contribution in [0.2, 0.25) is 0 Å². The molecule has 122 valence electrons. The minimum atomic E-state index is -0.499. The zero-order chi connectivity index (χ0) is 16.2. The minimum absolute atomic E-state index is 0.123. The molecule has 0 fully saturated rings. The van der Waals surface area contributed by atoms with Crippen molar-refractivity contribution < 1.29 is 19.0 Å². The first-order chi connectivity index (χ1) is 10.3. The standard InChI is InChI=1S/C16H24N2O4/c1-11(17-18-15(19)22-16(2,3)4)5-6-12-7-8-13-14(9-12)21-10-20-13/h7-9,11,17H,5-6,10H2,1-4H3,(H,18,19). The molecule has 0 saturated heterocycles. The molecule has 1 unspecified atom stereocenters. The van der Waals surface area contributed by atoms with E-state index in [1.807, 2.05) is 45.9 Å². The number of carbonyl (C=O) groups excluding carboxylic acids is 1. The number of amides is 1. The minimum Gasteiger partial charge on any atom is -0.454 e. The normalized spacial score (nSPS) is 14.5. The summed E-state index contributed by atoms with van der Waals surface area (Å²) in [5.74, 6) is 1.59. The third kappa shape index (κ3) is 5.11. The Morgan fingerprint density at radius 2 is 2.05 bits per heavy atom. The molecule has 1 aliphatic heterocycles. The molecule has 22 heavy (non-hydrogen) atoms. The summed E-state index contributed by atoms with van der Waals surface area (Å²) in [4.78, 5) is 11.5. The average Bonchev–Trinajstić information content (AvgIpc) is 2.88. The molecule has 0 radical (unpaired) electrons. The molecule has 0 spiro atoms. The highest BCUT2D eigenvalue weighted by Crippen LogP contribution is 2.32. The molecule has 1 aromatic rings. The van der Waals surface area contributed by atoms with Crippen LogP contribution in [0.5, 0.6) is 11.5 Å². The van der Waals surface area contributed by atoms with Crippen molar-refractivity contribution in [3.8, 4) is 11.5 Å². The predicted molar refractivity (Wildman–Crippen MR) is 82.9 cm³/mol. The monoisotopic (exact) mass is 308 g/mol. The lowest BCUT2D eigenvalue weighted by molar-refractivity contribution is 0.0488. The fourth-order valence-electron chi connectivity index (χ4n) is 2.04. The number of rotatable bonds is 5. The van der Waals surface area contributed by atoms with Gasteiger partial charge in [0.1, 0.15) is 5.60 Å². The van der Waals surface area contributed by atoms with Crippen LogP contribution in [-0.2, 0) is 11.2 Å². The van der Waals surface area contributed by atoms with Crippen molar-refractivity contribution in [2.45, 2.75) is 52.2 Å². The second-order valence-electron chi connectivity index (χ2n) is 6.40. The van der Waals surface area contributed by atoms with Gasteiger partial charge in [-0.25, -0.2) is 10.2 Å². The molecule has 0 aromatic heterocycles. The lowest BCUT2D eigenvalue weighted by Crippen LogP contribution is -2.45. The van der Waals surface area contributed by atoms with E-state index in [1.54, 1.807) is 0 Å². The highest BCUT2D eigenvalue weighted by Gasteiger charge is 2.16. The van der Waals surface area contributed by atoms with E-state index >= 15 is 0 Å². The molecule has 1 atom stereocenters. The van der Waals surface area contributed by atoms with Gasteiger partial charge in [0, 0.05) is 6.04 Å². The lowest BCUT2D eigenvalue weighted by Gasteiger charge is -2.21. The van der Waals surface area contributed by atoms with Gasteiger partial charge in [0.2, 0.25) is 6.79 Å². The predicted octanol–water partition coefficient (Wildman–Crippen LogP) is 2.77. The number of aryl methyl sites for hydroxylation is 1. The van der Waals surface area contributed by atoms with E-state index in [0.29, 0.717) is 0 Å². The second-order valence-corrected chi connectivity index (χ2v) is 6.40. The van der Waals surface area contributed by atoms with E-state index in [2.05, 4.69) is 10.9 Å². The fraction of sp³-hybridized carbons (Fsp3) is 0.562. The molecule has 0 aliphatic carbocycles. The van der Waals surface area contributed by atoms with Crippen LogP contribution in [0.1, 0.15) is 39.7 Å². The van der Waals surface area contributed by atoms with Crippen LogP contribution in [-0.4, -0.2) is 24.5 Å². The summed E-state index contributed by atoms with van der Waals surface area (Å²) in [5, 5.41) is 0. The number of hydrazine groups is 1. The van der Waals surface area contributed by atoms with Gasteiger partial charge in [-0.2, -0.15) is 0 Å². The van der Waals surface area contributed by atoms with Gasteiger partial charge in [-0.1, -0.05) is 6.07 Å². The van der Waals surface area contributed by atoms with Crippen LogP contribution in [0.3, 0.4) is 0 Å².